The largest absolute Gasteiger partial charge is 0.497 e. The molecule has 0 aliphatic carbocycles. The molecule has 2 aliphatic rings. The smallest absolute Gasteiger partial charge is 0.294 e. The van der Waals surface area contributed by atoms with Crippen LogP contribution < -0.4 is 9.47 Å². The van der Waals surface area contributed by atoms with Crippen LogP contribution in [0, 0.1) is 0 Å². The van der Waals surface area contributed by atoms with Gasteiger partial charge in [-0.1, -0.05) is 0 Å². The van der Waals surface area contributed by atoms with Crippen molar-refractivity contribution < 1.29 is 23.8 Å². The maximum atomic E-state index is 12.6. The van der Waals surface area contributed by atoms with Crippen LogP contribution in [0.25, 0.3) is 6.08 Å². The molecular weight excluding hydrogens is 344 g/mol. The minimum absolute atomic E-state index is 0.254. The maximum Gasteiger partial charge on any atom is 0.294 e. The molecule has 0 unspecified atom stereocenters. The summed E-state index contributed by atoms with van der Waals surface area (Å²) in [5.41, 5.74) is 0.722. The molecule has 0 aromatic heterocycles. The molecular formula is C17H20N2O5S. The highest BCUT2D eigenvalue weighted by molar-refractivity contribution is 8.18. The molecule has 2 aliphatic heterocycles. The topological polar surface area (TPSA) is 68.3 Å². The Hall–Kier alpha value is -2.03. The quantitative estimate of drug-likeness (QED) is 0.741. The van der Waals surface area contributed by atoms with Gasteiger partial charge in [-0.05, 0) is 30.0 Å². The molecule has 8 heteroatoms. The first-order valence-electron chi connectivity index (χ1n) is 7.90. The summed E-state index contributed by atoms with van der Waals surface area (Å²) in [6.45, 7) is 2.97. The Morgan fingerprint density at radius 1 is 1.20 bits per heavy atom. The number of carbonyl (C=O) groups excluding carboxylic acids is 2. The van der Waals surface area contributed by atoms with E-state index in [2.05, 4.69) is 0 Å². The normalized spacial score (nSPS) is 20.4. The highest BCUT2D eigenvalue weighted by Crippen LogP contribution is 2.35. The Morgan fingerprint density at radius 2 is 1.96 bits per heavy atom. The predicted molar refractivity (Wildman–Crippen MR) is 94.6 cm³/mol. The second-order valence-corrected chi connectivity index (χ2v) is 6.58. The van der Waals surface area contributed by atoms with Crippen molar-refractivity contribution in [1.82, 2.24) is 9.80 Å². The van der Waals surface area contributed by atoms with Crippen LogP contribution in [-0.4, -0.2) is 68.1 Å². The third-order valence-electron chi connectivity index (χ3n) is 4.05. The lowest BCUT2D eigenvalue weighted by atomic mass is 10.1. The van der Waals surface area contributed by atoms with Gasteiger partial charge >= 0.3 is 0 Å². The van der Waals surface area contributed by atoms with Crippen LogP contribution in [0.1, 0.15) is 5.56 Å². The number of rotatable bonds is 5. The van der Waals surface area contributed by atoms with E-state index in [-0.39, 0.29) is 11.1 Å². The molecule has 0 N–H and O–H groups in total. The Labute approximate surface area is 150 Å². The third kappa shape index (κ3) is 3.97. The van der Waals surface area contributed by atoms with Gasteiger partial charge in [0.15, 0.2) is 0 Å². The number of methoxy groups -OCH3 is 2. The monoisotopic (exact) mass is 364 g/mol. The second kappa shape index (κ2) is 7.90. The summed E-state index contributed by atoms with van der Waals surface area (Å²) < 4.78 is 15.8. The van der Waals surface area contributed by atoms with Crippen molar-refractivity contribution in [3.63, 3.8) is 0 Å². The van der Waals surface area contributed by atoms with Crippen LogP contribution in [0.3, 0.4) is 0 Å². The number of imide groups is 1. The first kappa shape index (κ1) is 17.8. The number of thioether (sulfide) groups is 1. The predicted octanol–water partition coefficient (Wildman–Crippen LogP) is 2.03. The van der Waals surface area contributed by atoms with Crippen molar-refractivity contribution in [2.75, 3.05) is 47.2 Å². The van der Waals surface area contributed by atoms with Gasteiger partial charge in [-0.15, -0.1) is 0 Å². The molecule has 0 bridgehead atoms. The molecule has 1 aromatic carbocycles. The lowest BCUT2D eigenvalue weighted by Gasteiger charge is -2.29. The van der Waals surface area contributed by atoms with Gasteiger partial charge in [-0.2, -0.15) is 0 Å². The SMILES string of the molecule is COc1ccc(C=C2SC(=O)N(CN3CCOCC3)C2=O)c(OC)c1. The van der Waals surface area contributed by atoms with Gasteiger partial charge in [-0.25, -0.2) is 0 Å². The van der Waals surface area contributed by atoms with Gasteiger partial charge in [0.1, 0.15) is 11.5 Å². The van der Waals surface area contributed by atoms with E-state index >= 15 is 0 Å². The van der Waals surface area contributed by atoms with Gasteiger partial charge in [0, 0.05) is 24.7 Å². The molecule has 0 atom stereocenters. The average molecular weight is 364 g/mol. The summed E-state index contributed by atoms with van der Waals surface area (Å²) in [4.78, 5) is 28.5. The van der Waals surface area contributed by atoms with E-state index in [1.165, 1.54) is 4.90 Å². The Bertz CT molecular complexity index is 700. The number of amides is 2. The molecule has 3 rings (SSSR count). The summed E-state index contributed by atoms with van der Waals surface area (Å²) in [5, 5.41) is -0.254. The average Bonchev–Trinajstić information content (AvgIpc) is 2.90. The fraction of sp³-hybridized carbons (Fsp3) is 0.412. The number of carbonyl (C=O) groups is 2. The van der Waals surface area contributed by atoms with Crippen LogP contribution in [0.15, 0.2) is 23.1 Å². The molecule has 25 heavy (non-hydrogen) atoms. The van der Waals surface area contributed by atoms with Crippen LogP contribution in [0.2, 0.25) is 0 Å². The zero-order valence-corrected chi connectivity index (χ0v) is 15.0. The molecule has 2 heterocycles. The Kier molecular flexibility index (Phi) is 5.62. The first-order valence-corrected chi connectivity index (χ1v) is 8.71. The molecule has 2 amide bonds. The standard InChI is InChI=1S/C17H20N2O5S/c1-22-13-4-3-12(14(10-13)23-2)9-15-16(20)19(17(21)25-15)11-18-5-7-24-8-6-18/h3-4,9-10H,5-8,11H2,1-2H3. The minimum Gasteiger partial charge on any atom is -0.497 e. The van der Waals surface area contributed by atoms with E-state index in [1.807, 2.05) is 4.90 Å². The molecule has 0 saturated carbocycles. The Morgan fingerprint density at radius 3 is 2.64 bits per heavy atom. The van der Waals surface area contributed by atoms with E-state index in [9.17, 15) is 9.59 Å². The number of nitrogens with zero attached hydrogens (tertiary/aromatic N) is 2. The van der Waals surface area contributed by atoms with Gasteiger partial charge < -0.3 is 14.2 Å². The van der Waals surface area contributed by atoms with Gasteiger partial charge in [0.25, 0.3) is 11.1 Å². The molecule has 2 fully saturated rings. The van der Waals surface area contributed by atoms with E-state index in [1.54, 1.807) is 38.5 Å². The Balaban J connectivity index is 1.78. The van der Waals surface area contributed by atoms with Gasteiger partial charge in [0.2, 0.25) is 0 Å². The fourth-order valence-corrected chi connectivity index (χ4v) is 3.47. The molecule has 1 aromatic rings. The number of morpholine rings is 1. The van der Waals surface area contributed by atoms with Crippen molar-refractivity contribution in [1.29, 1.82) is 0 Å². The third-order valence-corrected chi connectivity index (χ3v) is 4.95. The number of benzene rings is 1. The highest BCUT2D eigenvalue weighted by atomic mass is 32.2. The summed E-state index contributed by atoms with van der Waals surface area (Å²) in [6, 6.07) is 5.32. The lowest BCUT2D eigenvalue weighted by Crippen LogP contribution is -2.45. The fourth-order valence-electron chi connectivity index (χ4n) is 2.64. The van der Waals surface area contributed by atoms with Crippen LogP contribution >= 0.6 is 11.8 Å². The van der Waals surface area contributed by atoms with Crippen molar-refractivity contribution in [3.8, 4) is 11.5 Å². The van der Waals surface area contributed by atoms with Crippen LogP contribution in [0.5, 0.6) is 11.5 Å². The van der Waals surface area contributed by atoms with E-state index < -0.39 is 0 Å². The molecule has 7 nitrogen and oxygen atoms in total. The van der Waals surface area contributed by atoms with E-state index in [0.717, 1.165) is 17.3 Å². The van der Waals surface area contributed by atoms with Crippen LogP contribution in [0.4, 0.5) is 4.79 Å². The molecule has 0 radical (unpaired) electrons. The number of hydrogen-bond acceptors (Lipinski definition) is 7. The van der Waals surface area contributed by atoms with Crippen LogP contribution in [-0.2, 0) is 9.53 Å². The first-order chi connectivity index (χ1) is 12.1. The van der Waals surface area contributed by atoms with Crippen molar-refractivity contribution in [2.24, 2.45) is 0 Å². The minimum atomic E-state index is -0.278. The van der Waals surface area contributed by atoms with Crippen molar-refractivity contribution in [2.45, 2.75) is 0 Å². The summed E-state index contributed by atoms with van der Waals surface area (Å²) in [7, 11) is 3.13. The maximum absolute atomic E-state index is 12.6. The van der Waals surface area contributed by atoms with Crippen molar-refractivity contribution in [3.05, 3.63) is 28.7 Å². The molecule has 134 valence electrons. The van der Waals surface area contributed by atoms with E-state index in [4.69, 9.17) is 14.2 Å². The zero-order valence-electron chi connectivity index (χ0n) is 14.2. The van der Waals surface area contributed by atoms with E-state index in [0.29, 0.717) is 49.4 Å². The summed E-state index contributed by atoms with van der Waals surface area (Å²) in [6.07, 6.45) is 1.68. The van der Waals surface area contributed by atoms with Crippen molar-refractivity contribution >= 4 is 29.0 Å². The lowest BCUT2D eigenvalue weighted by molar-refractivity contribution is -0.125. The summed E-state index contributed by atoms with van der Waals surface area (Å²) in [5.74, 6) is 0.966. The second-order valence-electron chi connectivity index (χ2n) is 5.59. The van der Waals surface area contributed by atoms with Gasteiger partial charge in [0.05, 0.1) is 39.0 Å². The summed E-state index contributed by atoms with van der Waals surface area (Å²) >= 11 is 0.948. The molecule has 0 spiro atoms. The number of hydrogen-bond donors (Lipinski definition) is 0. The zero-order chi connectivity index (χ0) is 17.8. The highest BCUT2D eigenvalue weighted by Gasteiger charge is 2.36. The number of ether oxygens (including phenoxy) is 3. The molecule has 2 saturated heterocycles. The van der Waals surface area contributed by atoms with Gasteiger partial charge in [-0.3, -0.25) is 19.4 Å².